The van der Waals surface area contributed by atoms with Crippen molar-refractivity contribution < 1.29 is 4.74 Å². The maximum atomic E-state index is 5.85. The number of ether oxygens (including phenoxy) is 1. The smallest absolute Gasteiger partial charge is 0.222 e. The van der Waals surface area contributed by atoms with Crippen LogP contribution in [0.1, 0.15) is 23.6 Å². The van der Waals surface area contributed by atoms with E-state index < -0.39 is 0 Å². The number of aromatic nitrogens is 2. The molecule has 0 spiro atoms. The Morgan fingerprint density at radius 2 is 2.40 bits per heavy atom. The van der Waals surface area contributed by atoms with Gasteiger partial charge in [0.05, 0.1) is 12.3 Å². The van der Waals surface area contributed by atoms with Gasteiger partial charge in [0.1, 0.15) is 5.82 Å². The quantitative estimate of drug-likeness (QED) is 0.935. The van der Waals surface area contributed by atoms with Crippen LogP contribution in [-0.2, 0) is 11.3 Å². The maximum Gasteiger partial charge on any atom is 0.222 e. The Hall–Kier alpha value is -1.66. The molecule has 2 N–H and O–H groups in total. The molecule has 1 fully saturated rings. The Kier molecular flexibility index (Phi) is 3.84. The number of nitrogens with zero attached hydrogens (tertiary/aromatic N) is 3. The average molecular weight is 290 g/mol. The molecule has 0 amide bonds. The molecule has 0 radical (unpaired) electrons. The number of nitrogens with two attached hydrogens (primary N) is 1. The summed E-state index contributed by atoms with van der Waals surface area (Å²) in [6.45, 7) is 2.35. The third kappa shape index (κ3) is 2.91. The van der Waals surface area contributed by atoms with E-state index in [4.69, 9.17) is 10.5 Å². The second-order valence-electron chi connectivity index (χ2n) is 5.06. The summed E-state index contributed by atoms with van der Waals surface area (Å²) in [7, 11) is 2.02. The van der Waals surface area contributed by atoms with Crippen LogP contribution in [-0.4, -0.2) is 30.2 Å². The van der Waals surface area contributed by atoms with Crippen LogP contribution < -0.4 is 10.6 Å². The normalized spacial score (nSPS) is 18.4. The summed E-state index contributed by atoms with van der Waals surface area (Å²) >= 11 is 1.70. The minimum atomic E-state index is 0.335. The lowest BCUT2D eigenvalue weighted by molar-refractivity contribution is 0.193. The van der Waals surface area contributed by atoms with E-state index in [9.17, 15) is 0 Å². The van der Waals surface area contributed by atoms with Crippen molar-refractivity contribution in [1.82, 2.24) is 9.97 Å². The van der Waals surface area contributed by atoms with Gasteiger partial charge in [-0.05, 0) is 28.8 Å². The molecule has 3 heterocycles. The first kappa shape index (κ1) is 13.3. The predicted octanol–water partition coefficient (Wildman–Crippen LogP) is 2.26. The van der Waals surface area contributed by atoms with E-state index in [0.717, 1.165) is 37.7 Å². The predicted molar refractivity (Wildman–Crippen MR) is 81.0 cm³/mol. The number of rotatable bonds is 4. The van der Waals surface area contributed by atoms with E-state index >= 15 is 0 Å². The summed E-state index contributed by atoms with van der Waals surface area (Å²) in [5.41, 5.74) is 8.12. The second-order valence-corrected chi connectivity index (χ2v) is 5.84. The monoisotopic (exact) mass is 290 g/mol. The molecule has 3 rings (SSSR count). The van der Waals surface area contributed by atoms with Crippen LogP contribution in [0.3, 0.4) is 0 Å². The summed E-state index contributed by atoms with van der Waals surface area (Å²) in [5.74, 6) is 1.54. The molecule has 1 saturated heterocycles. The Morgan fingerprint density at radius 3 is 3.10 bits per heavy atom. The van der Waals surface area contributed by atoms with Crippen molar-refractivity contribution in [2.45, 2.75) is 18.9 Å². The van der Waals surface area contributed by atoms with Crippen LogP contribution in [0.25, 0.3) is 0 Å². The number of hydrogen-bond donors (Lipinski definition) is 1. The Bertz CT molecular complexity index is 567. The lowest BCUT2D eigenvalue weighted by Gasteiger charge is -2.19. The van der Waals surface area contributed by atoms with Crippen molar-refractivity contribution >= 4 is 23.1 Å². The van der Waals surface area contributed by atoms with Crippen LogP contribution in [0, 0.1) is 0 Å². The average Bonchev–Trinajstić information content (AvgIpc) is 3.11. The molecule has 0 aliphatic carbocycles. The topological polar surface area (TPSA) is 64.3 Å². The lowest BCUT2D eigenvalue weighted by atomic mass is 10.0. The molecule has 5 nitrogen and oxygen atoms in total. The summed E-state index contributed by atoms with van der Waals surface area (Å²) in [6.07, 6.45) is 1.00. The van der Waals surface area contributed by atoms with Gasteiger partial charge in [0.25, 0.3) is 0 Å². The van der Waals surface area contributed by atoms with Gasteiger partial charge in [0.15, 0.2) is 0 Å². The first-order chi connectivity index (χ1) is 9.72. The highest BCUT2D eigenvalue weighted by atomic mass is 32.1. The van der Waals surface area contributed by atoms with E-state index in [1.807, 2.05) is 13.1 Å². The molecule has 1 aliphatic heterocycles. The molecule has 0 saturated carbocycles. The molecule has 2 aromatic rings. The van der Waals surface area contributed by atoms with E-state index in [1.54, 1.807) is 11.3 Å². The highest BCUT2D eigenvalue weighted by Crippen LogP contribution is 2.26. The largest absolute Gasteiger partial charge is 0.381 e. The van der Waals surface area contributed by atoms with Crippen molar-refractivity contribution in [3.63, 3.8) is 0 Å². The first-order valence-electron chi connectivity index (χ1n) is 6.67. The van der Waals surface area contributed by atoms with Crippen LogP contribution in [0.4, 0.5) is 11.8 Å². The van der Waals surface area contributed by atoms with Crippen molar-refractivity contribution in [2.75, 3.05) is 30.9 Å². The molecule has 1 atom stereocenters. The molecule has 106 valence electrons. The van der Waals surface area contributed by atoms with Gasteiger partial charge in [-0.25, -0.2) is 4.98 Å². The van der Waals surface area contributed by atoms with Gasteiger partial charge in [-0.15, -0.1) is 0 Å². The Labute approximate surface area is 122 Å². The van der Waals surface area contributed by atoms with Crippen LogP contribution in [0.5, 0.6) is 0 Å². The molecule has 1 aliphatic rings. The fraction of sp³-hybridized carbons (Fsp3) is 0.429. The SMILES string of the molecule is CN(Cc1ccsc1)c1cc(C2CCOC2)nc(N)n1. The minimum absolute atomic E-state index is 0.335. The van der Waals surface area contributed by atoms with Crippen molar-refractivity contribution in [3.8, 4) is 0 Å². The molecular formula is C14H18N4OS. The fourth-order valence-electron chi connectivity index (χ4n) is 2.38. The second kappa shape index (κ2) is 5.76. The van der Waals surface area contributed by atoms with E-state index in [0.29, 0.717) is 11.9 Å². The standard InChI is InChI=1S/C14H18N4OS/c1-18(7-10-3-5-20-9-10)13-6-12(16-14(15)17-13)11-2-4-19-8-11/h3,5-6,9,11H,2,4,7-8H2,1H3,(H2,15,16,17). The van der Waals surface area contributed by atoms with Crippen LogP contribution >= 0.6 is 11.3 Å². The Balaban J connectivity index is 1.81. The first-order valence-corrected chi connectivity index (χ1v) is 7.61. The van der Waals surface area contributed by atoms with E-state index in [1.165, 1.54) is 5.56 Å². The molecule has 0 aromatic carbocycles. The number of anilines is 2. The summed E-state index contributed by atoms with van der Waals surface area (Å²) < 4.78 is 5.42. The van der Waals surface area contributed by atoms with E-state index in [-0.39, 0.29) is 0 Å². The zero-order valence-electron chi connectivity index (χ0n) is 11.5. The van der Waals surface area contributed by atoms with Crippen LogP contribution in [0.2, 0.25) is 0 Å². The van der Waals surface area contributed by atoms with Gasteiger partial charge in [-0.2, -0.15) is 16.3 Å². The van der Waals surface area contributed by atoms with Gasteiger partial charge in [-0.3, -0.25) is 0 Å². The minimum Gasteiger partial charge on any atom is -0.381 e. The van der Waals surface area contributed by atoms with E-state index in [2.05, 4.69) is 31.7 Å². The third-order valence-corrected chi connectivity index (χ3v) is 4.22. The molecule has 20 heavy (non-hydrogen) atoms. The van der Waals surface area contributed by atoms with Gasteiger partial charge < -0.3 is 15.4 Å². The summed E-state index contributed by atoms with van der Waals surface area (Å²) in [4.78, 5) is 10.8. The van der Waals surface area contributed by atoms with Gasteiger partial charge in [0, 0.05) is 32.2 Å². The highest BCUT2D eigenvalue weighted by molar-refractivity contribution is 7.07. The number of hydrogen-bond acceptors (Lipinski definition) is 6. The maximum absolute atomic E-state index is 5.85. The molecule has 6 heteroatoms. The van der Waals surface area contributed by atoms with Gasteiger partial charge in [0.2, 0.25) is 5.95 Å². The zero-order chi connectivity index (χ0) is 13.9. The van der Waals surface area contributed by atoms with Crippen molar-refractivity contribution in [1.29, 1.82) is 0 Å². The highest BCUT2D eigenvalue weighted by Gasteiger charge is 2.21. The number of thiophene rings is 1. The summed E-state index contributed by atoms with van der Waals surface area (Å²) in [6, 6.07) is 4.15. The van der Waals surface area contributed by atoms with Crippen LogP contribution in [0.15, 0.2) is 22.9 Å². The molecular weight excluding hydrogens is 272 g/mol. The summed E-state index contributed by atoms with van der Waals surface area (Å²) in [5, 5.41) is 4.23. The van der Waals surface area contributed by atoms with Gasteiger partial charge in [-0.1, -0.05) is 0 Å². The molecule has 2 aromatic heterocycles. The molecule has 1 unspecified atom stereocenters. The fourth-order valence-corrected chi connectivity index (χ4v) is 3.04. The third-order valence-electron chi connectivity index (χ3n) is 3.49. The van der Waals surface area contributed by atoms with Crippen molar-refractivity contribution in [2.24, 2.45) is 0 Å². The number of nitrogen functional groups attached to an aromatic ring is 1. The van der Waals surface area contributed by atoms with Gasteiger partial charge >= 0.3 is 0 Å². The Morgan fingerprint density at radius 1 is 1.50 bits per heavy atom. The van der Waals surface area contributed by atoms with Crippen molar-refractivity contribution in [3.05, 3.63) is 34.2 Å². The molecule has 0 bridgehead atoms. The lowest BCUT2D eigenvalue weighted by Crippen LogP contribution is -2.19. The zero-order valence-corrected chi connectivity index (χ0v) is 12.3.